The summed E-state index contributed by atoms with van der Waals surface area (Å²) in [5.74, 6) is 2.00. The van der Waals surface area contributed by atoms with Crippen LogP contribution in [0.4, 0.5) is 0 Å². The summed E-state index contributed by atoms with van der Waals surface area (Å²) in [6.45, 7) is 0. The first-order valence-corrected chi connectivity index (χ1v) is 7.00. The second-order valence-corrected chi connectivity index (χ2v) is 4.91. The van der Waals surface area contributed by atoms with Crippen LogP contribution in [0.3, 0.4) is 0 Å². The van der Waals surface area contributed by atoms with Crippen LogP contribution in [0, 0.1) is 4.84 Å². The lowest BCUT2D eigenvalue weighted by Crippen LogP contribution is -1.88. The number of nitrogens with one attached hydrogen (secondary N) is 1. The molecule has 0 saturated heterocycles. The molecule has 0 aliphatic rings. The molecule has 0 bridgehead atoms. The SMILES string of the molecule is COc1ccc(-c2oc(=S)[nH]c2-c2ccc(OC)nc2)cc1. The van der Waals surface area contributed by atoms with E-state index in [4.69, 9.17) is 26.1 Å². The molecule has 0 radical (unpaired) electrons. The predicted molar refractivity (Wildman–Crippen MR) is 85.7 cm³/mol. The topological polar surface area (TPSA) is 60.3 Å². The Morgan fingerprint density at radius 3 is 2.32 bits per heavy atom. The number of ether oxygens (including phenoxy) is 2. The first kappa shape index (κ1) is 14.3. The molecule has 2 aromatic heterocycles. The molecule has 1 N–H and O–H groups in total. The third-order valence-corrected chi connectivity index (χ3v) is 3.42. The van der Waals surface area contributed by atoms with Gasteiger partial charge in [-0.05, 0) is 42.5 Å². The Morgan fingerprint density at radius 2 is 1.73 bits per heavy atom. The molecule has 0 aliphatic heterocycles. The zero-order valence-electron chi connectivity index (χ0n) is 12.1. The Labute approximate surface area is 132 Å². The highest BCUT2D eigenvalue weighted by atomic mass is 32.1. The van der Waals surface area contributed by atoms with Crippen LogP contribution in [0.2, 0.25) is 0 Å². The lowest BCUT2D eigenvalue weighted by atomic mass is 10.1. The molecule has 2 heterocycles. The van der Waals surface area contributed by atoms with Crippen molar-refractivity contribution in [3.63, 3.8) is 0 Å². The van der Waals surface area contributed by atoms with Crippen LogP contribution < -0.4 is 9.47 Å². The largest absolute Gasteiger partial charge is 0.497 e. The molecule has 0 amide bonds. The average molecular weight is 314 g/mol. The van der Waals surface area contributed by atoms with Gasteiger partial charge in [0.05, 0.1) is 19.9 Å². The van der Waals surface area contributed by atoms with Crippen molar-refractivity contribution < 1.29 is 13.9 Å². The summed E-state index contributed by atoms with van der Waals surface area (Å²) >= 11 is 5.13. The summed E-state index contributed by atoms with van der Waals surface area (Å²) in [5, 5.41) is 0. The van der Waals surface area contributed by atoms with Crippen LogP contribution in [-0.4, -0.2) is 24.2 Å². The number of aromatic nitrogens is 2. The highest BCUT2D eigenvalue weighted by molar-refractivity contribution is 7.71. The fourth-order valence-electron chi connectivity index (χ4n) is 2.13. The van der Waals surface area contributed by atoms with Gasteiger partial charge < -0.3 is 18.9 Å². The molecule has 3 rings (SSSR count). The van der Waals surface area contributed by atoms with Crippen molar-refractivity contribution in [2.75, 3.05) is 14.2 Å². The van der Waals surface area contributed by atoms with Crippen LogP contribution in [0.5, 0.6) is 11.6 Å². The molecule has 0 atom stereocenters. The minimum absolute atomic E-state index is 0.316. The minimum Gasteiger partial charge on any atom is -0.497 e. The number of pyridine rings is 1. The standard InChI is InChI=1S/C16H14N2O3S/c1-19-12-6-3-10(4-7-12)15-14(18-16(22)21-15)11-5-8-13(20-2)17-9-11/h3-9H,1-2H3,(H,18,22). The number of benzene rings is 1. The Hall–Kier alpha value is -2.60. The highest BCUT2D eigenvalue weighted by Crippen LogP contribution is 2.32. The average Bonchev–Trinajstić information content (AvgIpc) is 2.97. The van der Waals surface area contributed by atoms with Crippen LogP contribution >= 0.6 is 12.2 Å². The van der Waals surface area contributed by atoms with Crippen molar-refractivity contribution in [2.24, 2.45) is 0 Å². The van der Waals surface area contributed by atoms with Crippen molar-refractivity contribution in [1.82, 2.24) is 9.97 Å². The molecule has 112 valence electrons. The summed E-state index contributed by atoms with van der Waals surface area (Å²) in [6, 6.07) is 11.3. The number of oxazole rings is 1. The summed E-state index contributed by atoms with van der Waals surface area (Å²) in [4.78, 5) is 7.58. The van der Waals surface area contributed by atoms with E-state index in [1.165, 1.54) is 0 Å². The molecule has 22 heavy (non-hydrogen) atoms. The Balaban J connectivity index is 2.06. The van der Waals surface area contributed by atoms with Gasteiger partial charge in [-0.15, -0.1) is 0 Å². The second kappa shape index (κ2) is 6.03. The summed E-state index contributed by atoms with van der Waals surface area (Å²) < 4.78 is 15.9. The highest BCUT2D eigenvalue weighted by Gasteiger charge is 2.13. The van der Waals surface area contributed by atoms with E-state index in [1.54, 1.807) is 26.5 Å². The number of aromatic amines is 1. The van der Waals surface area contributed by atoms with Crippen molar-refractivity contribution in [3.8, 4) is 34.2 Å². The van der Waals surface area contributed by atoms with Gasteiger partial charge in [0.25, 0.3) is 4.84 Å². The lowest BCUT2D eigenvalue weighted by molar-refractivity contribution is 0.398. The molecule has 0 spiro atoms. The predicted octanol–water partition coefficient (Wildman–Crippen LogP) is 4.08. The first-order valence-electron chi connectivity index (χ1n) is 6.59. The van der Waals surface area contributed by atoms with E-state index in [1.807, 2.05) is 30.3 Å². The third kappa shape index (κ3) is 2.73. The zero-order valence-corrected chi connectivity index (χ0v) is 12.9. The molecule has 0 saturated carbocycles. The molecular weight excluding hydrogens is 300 g/mol. The van der Waals surface area contributed by atoms with E-state index in [9.17, 15) is 0 Å². The molecule has 5 nitrogen and oxygen atoms in total. The minimum atomic E-state index is 0.316. The smallest absolute Gasteiger partial charge is 0.266 e. The van der Waals surface area contributed by atoms with Gasteiger partial charge in [0.15, 0.2) is 5.76 Å². The van der Waals surface area contributed by atoms with Crippen LogP contribution in [0.25, 0.3) is 22.6 Å². The zero-order chi connectivity index (χ0) is 15.5. The van der Waals surface area contributed by atoms with Crippen molar-refractivity contribution in [2.45, 2.75) is 0 Å². The quantitative estimate of drug-likeness (QED) is 0.735. The summed E-state index contributed by atoms with van der Waals surface area (Å²) in [5.41, 5.74) is 2.55. The van der Waals surface area contributed by atoms with Gasteiger partial charge >= 0.3 is 0 Å². The molecule has 0 fully saturated rings. The van der Waals surface area contributed by atoms with Gasteiger partial charge in [0.1, 0.15) is 5.75 Å². The monoisotopic (exact) mass is 314 g/mol. The molecule has 3 aromatic rings. The fourth-order valence-corrected chi connectivity index (χ4v) is 2.31. The van der Waals surface area contributed by atoms with Crippen LogP contribution in [-0.2, 0) is 0 Å². The van der Waals surface area contributed by atoms with Gasteiger partial charge in [-0.2, -0.15) is 0 Å². The first-order chi connectivity index (χ1) is 10.7. The van der Waals surface area contributed by atoms with E-state index in [0.29, 0.717) is 16.5 Å². The molecular formula is C16H14N2O3S. The maximum Gasteiger partial charge on any atom is 0.266 e. The Morgan fingerprint density at radius 1 is 1.00 bits per heavy atom. The maximum absolute atomic E-state index is 5.64. The van der Waals surface area contributed by atoms with Gasteiger partial charge in [-0.3, -0.25) is 0 Å². The van der Waals surface area contributed by atoms with E-state index in [2.05, 4.69) is 9.97 Å². The second-order valence-electron chi connectivity index (χ2n) is 4.54. The van der Waals surface area contributed by atoms with Crippen LogP contribution in [0.15, 0.2) is 47.0 Å². The number of H-pyrrole nitrogens is 1. The van der Waals surface area contributed by atoms with Crippen molar-refractivity contribution in [3.05, 3.63) is 47.4 Å². The molecule has 0 unspecified atom stereocenters. The van der Waals surface area contributed by atoms with Gasteiger partial charge in [-0.1, -0.05) is 0 Å². The van der Waals surface area contributed by atoms with Crippen molar-refractivity contribution >= 4 is 12.2 Å². The van der Waals surface area contributed by atoms with Gasteiger partial charge in [0, 0.05) is 23.4 Å². The fraction of sp³-hybridized carbons (Fsp3) is 0.125. The van der Waals surface area contributed by atoms with E-state index >= 15 is 0 Å². The molecule has 6 heteroatoms. The molecule has 0 aliphatic carbocycles. The number of nitrogens with zero attached hydrogens (tertiary/aromatic N) is 1. The Kier molecular flexibility index (Phi) is 3.93. The Bertz CT molecular complexity index is 752. The maximum atomic E-state index is 5.64. The number of methoxy groups -OCH3 is 2. The summed E-state index contributed by atoms with van der Waals surface area (Å²) in [6.07, 6.45) is 1.71. The lowest BCUT2D eigenvalue weighted by Gasteiger charge is -2.04. The number of rotatable bonds is 4. The summed E-state index contributed by atoms with van der Waals surface area (Å²) in [7, 11) is 3.21. The van der Waals surface area contributed by atoms with Crippen molar-refractivity contribution in [1.29, 1.82) is 0 Å². The van der Waals surface area contributed by atoms with E-state index in [0.717, 1.165) is 22.6 Å². The third-order valence-electron chi connectivity index (χ3n) is 3.24. The normalized spacial score (nSPS) is 10.5. The van der Waals surface area contributed by atoms with E-state index in [-0.39, 0.29) is 0 Å². The van der Waals surface area contributed by atoms with E-state index < -0.39 is 0 Å². The van der Waals surface area contributed by atoms with Gasteiger partial charge in [0.2, 0.25) is 5.88 Å². The number of hydrogen-bond donors (Lipinski definition) is 1. The van der Waals surface area contributed by atoms with Gasteiger partial charge in [-0.25, -0.2) is 4.98 Å². The van der Waals surface area contributed by atoms with Crippen LogP contribution in [0.1, 0.15) is 0 Å². The molecule has 1 aromatic carbocycles. The number of hydrogen-bond acceptors (Lipinski definition) is 5.